The predicted molar refractivity (Wildman–Crippen MR) is 274 cm³/mol. The molecule has 7 atom stereocenters. The highest BCUT2D eigenvalue weighted by Crippen LogP contribution is 2.15. The van der Waals surface area contributed by atoms with Crippen LogP contribution in [-0.4, -0.2) is 142 Å². The van der Waals surface area contributed by atoms with Crippen molar-refractivity contribution in [3.63, 3.8) is 0 Å². The summed E-state index contributed by atoms with van der Waals surface area (Å²) in [4.78, 5) is 129. The van der Waals surface area contributed by atoms with E-state index in [2.05, 4.69) is 60.2 Å². The Labute approximate surface area is 432 Å². The van der Waals surface area contributed by atoms with Gasteiger partial charge in [-0.15, -0.1) is 0 Å². The lowest BCUT2D eigenvalue weighted by Gasteiger charge is -2.28. The summed E-state index contributed by atoms with van der Waals surface area (Å²) in [6.45, 7) is -0.536. The first-order valence-corrected chi connectivity index (χ1v) is 24.6. The Morgan fingerprint density at radius 2 is 0.932 bits per heavy atom. The second-order valence-electron chi connectivity index (χ2n) is 17.5. The Morgan fingerprint density at radius 3 is 1.39 bits per heavy atom. The second-order valence-corrected chi connectivity index (χ2v) is 17.8. The summed E-state index contributed by atoms with van der Waals surface area (Å²) in [5, 5.41) is 50.2. The standard InChI is InChI=1S/C49H66N12O12S/c50-21-5-4-9-33-44(69)61-39(27-74)48(73)60-38(25-30-13-17-32(63)18-14-30)47(72)59-37(24-29-11-15-31(62)16-12-29)46(71)58-36(23-28-7-2-1-3-8-28)42(67)54-26-40(64)55-35(19-20-41(65)66)45(70)57-34(43(68)56-33)10-6-22-53-49(51)52/h1-3,7-8,11-18,33-39,62-63,74H,4-6,9-10,19-27,50H2,(H,54,67)(H,55,64)(H,56,68)(H,57,70)(H,58,71)(H,59,72)(H,60,73)(H,61,69)(H,65,66)(H4,51,52,53)/t33-,34-,35-,36-,37-,38-,39-/m0/s1. The minimum absolute atomic E-state index is 0.00403. The molecule has 8 amide bonds. The average molecular weight is 1050 g/mol. The van der Waals surface area contributed by atoms with E-state index < -0.39 is 115 Å². The molecule has 0 aromatic heterocycles. The molecule has 25 heteroatoms. The third-order valence-corrected chi connectivity index (χ3v) is 12.0. The number of phenols is 2. The van der Waals surface area contributed by atoms with Crippen LogP contribution in [0.5, 0.6) is 11.5 Å². The number of nitrogens with one attached hydrogen (secondary N) is 8. The number of rotatable bonds is 18. The molecule has 74 heavy (non-hydrogen) atoms. The molecule has 400 valence electrons. The van der Waals surface area contributed by atoms with E-state index in [4.69, 9.17) is 17.2 Å². The van der Waals surface area contributed by atoms with Crippen molar-refractivity contribution in [2.75, 3.05) is 25.4 Å². The molecule has 1 aliphatic rings. The van der Waals surface area contributed by atoms with Crippen LogP contribution in [0, 0.1) is 0 Å². The van der Waals surface area contributed by atoms with E-state index >= 15 is 0 Å². The SMILES string of the molecule is NCCCC[C@@H]1NC(=O)[C@H](CCCN=C(N)N)NC(=O)[C@H](CCC(=O)O)NC(=O)CNC(=O)[C@H](Cc2ccccc2)NC(=O)[C@H](Cc2ccc(O)cc2)NC(=O)[C@H](Cc2ccc(O)cc2)NC(=O)[C@H](CS)NC1=O. The van der Waals surface area contributed by atoms with Gasteiger partial charge in [-0.2, -0.15) is 12.6 Å². The van der Waals surface area contributed by atoms with Crippen molar-refractivity contribution in [1.82, 2.24) is 42.5 Å². The van der Waals surface area contributed by atoms with E-state index in [0.717, 1.165) is 0 Å². The minimum Gasteiger partial charge on any atom is -0.508 e. The van der Waals surface area contributed by atoms with Crippen molar-refractivity contribution >= 4 is 71.8 Å². The highest BCUT2D eigenvalue weighted by Gasteiger charge is 2.35. The lowest BCUT2D eigenvalue weighted by atomic mass is 10.0. The third kappa shape index (κ3) is 20.3. The third-order valence-electron chi connectivity index (χ3n) is 11.6. The van der Waals surface area contributed by atoms with Crippen molar-refractivity contribution in [2.45, 2.75) is 107 Å². The normalized spacial score (nSPS) is 21.9. The van der Waals surface area contributed by atoms with E-state index in [0.29, 0.717) is 29.5 Å². The van der Waals surface area contributed by atoms with Gasteiger partial charge in [0.1, 0.15) is 53.8 Å². The first kappa shape index (κ1) is 58.6. The smallest absolute Gasteiger partial charge is 0.303 e. The molecule has 1 saturated heterocycles. The number of carboxylic acids is 1. The number of thiol groups is 1. The Bertz CT molecular complexity index is 2430. The summed E-state index contributed by atoms with van der Waals surface area (Å²) < 4.78 is 0. The summed E-state index contributed by atoms with van der Waals surface area (Å²) in [6.07, 6.45) is -0.890. The number of aliphatic carboxylic acids is 1. The molecule has 0 saturated carbocycles. The predicted octanol–water partition coefficient (Wildman–Crippen LogP) is -2.37. The zero-order valence-corrected chi connectivity index (χ0v) is 41.5. The number of nitrogens with two attached hydrogens (primary N) is 3. The van der Waals surface area contributed by atoms with Gasteiger partial charge in [-0.1, -0.05) is 54.6 Å². The van der Waals surface area contributed by atoms with Gasteiger partial charge >= 0.3 is 5.97 Å². The number of nitrogens with zero attached hydrogens (tertiary/aromatic N) is 1. The maximum Gasteiger partial charge on any atom is 0.303 e. The second kappa shape index (κ2) is 30.2. The molecule has 24 nitrogen and oxygen atoms in total. The highest BCUT2D eigenvalue weighted by molar-refractivity contribution is 7.80. The topological polar surface area (TPSA) is 401 Å². The Balaban J connectivity index is 1.82. The summed E-state index contributed by atoms with van der Waals surface area (Å²) in [5.41, 5.74) is 18.2. The summed E-state index contributed by atoms with van der Waals surface area (Å²) in [6, 6.07) is 9.88. The van der Waals surface area contributed by atoms with Gasteiger partial charge in [0, 0.05) is 38.0 Å². The van der Waals surface area contributed by atoms with Crippen LogP contribution in [-0.2, 0) is 62.4 Å². The van der Waals surface area contributed by atoms with E-state index in [-0.39, 0.29) is 74.8 Å². The van der Waals surface area contributed by atoms with Crippen LogP contribution in [0.3, 0.4) is 0 Å². The first-order chi connectivity index (χ1) is 35.3. The molecule has 1 heterocycles. The van der Waals surface area contributed by atoms with Crippen LogP contribution in [0.15, 0.2) is 83.9 Å². The van der Waals surface area contributed by atoms with E-state index in [9.17, 15) is 58.5 Å². The van der Waals surface area contributed by atoms with Crippen LogP contribution < -0.4 is 59.7 Å². The van der Waals surface area contributed by atoms with E-state index in [1.165, 1.54) is 48.5 Å². The Morgan fingerprint density at radius 1 is 0.527 bits per heavy atom. The molecule has 0 aliphatic carbocycles. The zero-order chi connectivity index (χ0) is 54.2. The van der Waals surface area contributed by atoms with Gasteiger partial charge in [0.2, 0.25) is 47.3 Å². The van der Waals surface area contributed by atoms with Gasteiger partial charge in [0.05, 0.1) is 6.54 Å². The van der Waals surface area contributed by atoms with Crippen LogP contribution in [0.2, 0.25) is 0 Å². The Hall–Kier alpha value is -7.93. The van der Waals surface area contributed by atoms with Crippen LogP contribution >= 0.6 is 12.6 Å². The number of aromatic hydroxyl groups is 2. The van der Waals surface area contributed by atoms with E-state index in [1.54, 1.807) is 30.3 Å². The lowest BCUT2D eigenvalue weighted by molar-refractivity contribution is -0.138. The van der Waals surface area contributed by atoms with Gasteiger partial charge < -0.3 is 75.1 Å². The van der Waals surface area contributed by atoms with Crippen LogP contribution in [0.25, 0.3) is 0 Å². The maximum absolute atomic E-state index is 14.5. The summed E-state index contributed by atoms with van der Waals surface area (Å²) >= 11 is 4.32. The molecule has 0 unspecified atom stereocenters. The molecule has 1 fully saturated rings. The number of carbonyl (C=O) groups excluding carboxylic acids is 8. The molecule has 0 bridgehead atoms. The average Bonchev–Trinajstić information content (AvgIpc) is 3.36. The molecular formula is C49H66N12O12S. The number of amides is 8. The Kier molecular flexibility index (Phi) is 23.9. The summed E-state index contributed by atoms with van der Waals surface area (Å²) in [7, 11) is 0. The maximum atomic E-state index is 14.5. The molecule has 17 N–H and O–H groups in total. The number of benzene rings is 3. The van der Waals surface area contributed by atoms with Gasteiger partial charge in [-0.25, -0.2) is 0 Å². The van der Waals surface area contributed by atoms with E-state index in [1.807, 2.05) is 0 Å². The van der Waals surface area contributed by atoms with Crippen molar-refractivity contribution in [1.29, 1.82) is 0 Å². The fraction of sp³-hybridized carbons (Fsp3) is 0.429. The highest BCUT2D eigenvalue weighted by atomic mass is 32.1. The quantitative estimate of drug-likeness (QED) is 0.0274. The number of phenolic OH excluding ortho intramolecular Hbond substituents is 2. The van der Waals surface area contributed by atoms with Gasteiger partial charge in [-0.05, 0) is 86.0 Å². The molecule has 4 rings (SSSR count). The molecule has 1 aliphatic heterocycles. The molecular weight excluding hydrogens is 981 g/mol. The van der Waals surface area contributed by atoms with Gasteiger partial charge in [0.25, 0.3) is 0 Å². The number of aliphatic imine (C=N–C) groups is 1. The molecule has 3 aromatic carbocycles. The van der Waals surface area contributed by atoms with Gasteiger partial charge in [-0.3, -0.25) is 48.1 Å². The first-order valence-electron chi connectivity index (χ1n) is 23.9. The number of carboxylic acid groups (broad SMARTS) is 1. The number of hydrogen-bond donors (Lipinski definition) is 15. The van der Waals surface area contributed by atoms with Crippen molar-refractivity contribution < 1.29 is 58.5 Å². The van der Waals surface area contributed by atoms with Gasteiger partial charge in [0.15, 0.2) is 5.96 Å². The number of unbranched alkanes of at least 4 members (excludes halogenated alkanes) is 1. The fourth-order valence-corrected chi connectivity index (χ4v) is 7.90. The number of carbonyl (C=O) groups is 9. The van der Waals surface area contributed by atoms with Crippen LogP contribution in [0.4, 0.5) is 0 Å². The van der Waals surface area contributed by atoms with Crippen molar-refractivity contribution in [2.24, 2.45) is 22.2 Å². The largest absolute Gasteiger partial charge is 0.508 e. The molecule has 3 aromatic rings. The molecule has 0 spiro atoms. The zero-order valence-electron chi connectivity index (χ0n) is 40.6. The molecule has 0 radical (unpaired) electrons. The monoisotopic (exact) mass is 1050 g/mol. The van der Waals surface area contributed by atoms with Crippen molar-refractivity contribution in [3.05, 3.63) is 95.6 Å². The minimum atomic E-state index is -1.57. The van der Waals surface area contributed by atoms with Crippen LogP contribution in [0.1, 0.15) is 61.6 Å². The fourth-order valence-electron chi connectivity index (χ4n) is 7.65. The summed E-state index contributed by atoms with van der Waals surface area (Å²) in [5.74, 6) is -9.26. The lowest BCUT2D eigenvalue weighted by Crippen LogP contribution is -2.61. The number of hydrogen-bond acceptors (Lipinski definition) is 14. The number of guanidine groups is 1. The van der Waals surface area contributed by atoms with Crippen molar-refractivity contribution in [3.8, 4) is 11.5 Å².